The first kappa shape index (κ1) is 21.6. The maximum Gasteiger partial charge on any atom is 0.321 e. The zero-order valence-electron chi connectivity index (χ0n) is 16.5. The van der Waals surface area contributed by atoms with Crippen molar-refractivity contribution in [3.63, 3.8) is 0 Å². The molecule has 0 atom stereocenters. The molecule has 1 saturated carbocycles. The Morgan fingerprint density at radius 2 is 1.75 bits per heavy atom. The normalized spacial score (nSPS) is 14.2. The molecule has 0 heterocycles. The Bertz CT molecular complexity index is 738. The predicted molar refractivity (Wildman–Crippen MR) is 104 cm³/mol. The van der Waals surface area contributed by atoms with Crippen LogP contribution in [0.15, 0.2) is 18.2 Å². The fourth-order valence-corrected chi connectivity index (χ4v) is 3.24. The molecule has 0 aromatic heterocycles. The van der Waals surface area contributed by atoms with Gasteiger partial charge in [-0.3, -0.25) is 19.7 Å². The van der Waals surface area contributed by atoms with E-state index >= 15 is 0 Å². The number of esters is 1. The van der Waals surface area contributed by atoms with Crippen molar-refractivity contribution in [2.45, 2.75) is 64.8 Å². The molecule has 2 rings (SSSR count). The lowest BCUT2D eigenvalue weighted by atomic mass is 9.96. The molecule has 7 heteroatoms. The summed E-state index contributed by atoms with van der Waals surface area (Å²) >= 11 is 0. The molecule has 0 saturated heterocycles. The number of hydrogen-bond acceptors (Lipinski definition) is 5. The van der Waals surface area contributed by atoms with E-state index in [-0.39, 0.29) is 24.7 Å². The Morgan fingerprint density at radius 1 is 1.04 bits per heavy atom. The van der Waals surface area contributed by atoms with E-state index in [1.54, 1.807) is 6.07 Å². The topological polar surface area (TPSA) is 102 Å². The molecule has 0 unspecified atom stereocenters. The van der Waals surface area contributed by atoms with Crippen LogP contribution in [-0.4, -0.2) is 36.3 Å². The number of nitrogens with one attached hydrogen (secondary N) is 2. The Morgan fingerprint density at radius 3 is 2.46 bits per heavy atom. The highest BCUT2D eigenvalue weighted by atomic mass is 16.5. The maximum absolute atomic E-state index is 12.3. The van der Waals surface area contributed by atoms with Crippen LogP contribution in [0.2, 0.25) is 0 Å². The summed E-state index contributed by atoms with van der Waals surface area (Å²) in [5.74, 6) is -1.49. The number of amides is 3. The Kier molecular flexibility index (Phi) is 8.17. The fourth-order valence-electron chi connectivity index (χ4n) is 3.24. The third kappa shape index (κ3) is 7.13. The second kappa shape index (κ2) is 10.6. The zero-order chi connectivity index (χ0) is 20.5. The van der Waals surface area contributed by atoms with Crippen LogP contribution in [0.5, 0.6) is 0 Å². The smallest absolute Gasteiger partial charge is 0.321 e. The van der Waals surface area contributed by atoms with Crippen LogP contribution in [0.25, 0.3) is 0 Å². The minimum absolute atomic E-state index is 0.00686. The summed E-state index contributed by atoms with van der Waals surface area (Å²) in [7, 11) is 0. The number of carbonyl (C=O) groups is 4. The van der Waals surface area contributed by atoms with E-state index in [9.17, 15) is 19.2 Å². The van der Waals surface area contributed by atoms with Crippen LogP contribution in [-0.2, 0) is 14.3 Å². The minimum Gasteiger partial charge on any atom is -0.456 e. The van der Waals surface area contributed by atoms with E-state index in [0.717, 1.165) is 36.8 Å². The summed E-state index contributed by atoms with van der Waals surface area (Å²) in [5, 5.41) is 4.90. The molecule has 2 N–H and O–H groups in total. The third-order valence-electron chi connectivity index (χ3n) is 4.81. The SMILES string of the molecule is Cc1ccc(C)c(C(=O)CCC(=O)OCC(=O)NC(=O)NC2CCCCC2)c1. The van der Waals surface area contributed by atoms with Gasteiger partial charge in [-0.1, -0.05) is 37.0 Å². The van der Waals surface area contributed by atoms with E-state index < -0.39 is 24.5 Å². The van der Waals surface area contributed by atoms with Gasteiger partial charge in [-0.15, -0.1) is 0 Å². The molecule has 0 bridgehead atoms. The molecular formula is C21H28N2O5. The zero-order valence-corrected chi connectivity index (χ0v) is 16.5. The van der Waals surface area contributed by atoms with Crippen molar-refractivity contribution in [1.29, 1.82) is 0 Å². The number of rotatable bonds is 7. The predicted octanol–water partition coefficient (Wildman–Crippen LogP) is 2.97. The molecule has 28 heavy (non-hydrogen) atoms. The minimum atomic E-state index is -0.692. The molecule has 152 valence electrons. The summed E-state index contributed by atoms with van der Waals surface area (Å²) < 4.78 is 4.85. The van der Waals surface area contributed by atoms with Gasteiger partial charge in [-0.25, -0.2) is 4.79 Å². The van der Waals surface area contributed by atoms with Gasteiger partial charge in [0, 0.05) is 18.0 Å². The first-order chi connectivity index (χ1) is 13.3. The van der Waals surface area contributed by atoms with Gasteiger partial charge in [0.2, 0.25) is 0 Å². The molecule has 0 radical (unpaired) electrons. The molecule has 3 amide bonds. The highest BCUT2D eigenvalue weighted by molar-refractivity contribution is 5.99. The second-order valence-electron chi connectivity index (χ2n) is 7.26. The van der Waals surface area contributed by atoms with Crippen LogP contribution in [0, 0.1) is 13.8 Å². The van der Waals surface area contributed by atoms with Gasteiger partial charge in [0.15, 0.2) is 12.4 Å². The number of benzene rings is 1. The maximum atomic E-state index is 12.3. The molecule has 0 spiro atoms. The van der Waals surface area contributed by atoms with Crippen LogP contribution in [0.4, 0.5) is 4.79 Å². The summed E-state index contributed by atoms with van der Waals surface area (Å²) in [4.78, 5) is 47.5. The van der Waals surface area contributed by atoms with Crippen molar-refractivity contribution in [3.05, 3.63) is 34.9 Å². The highest BCUT2D eigenvalue weighted by Gasteiger charge is 2.18. The highest BCUT2D eigenvalue weighted by Crippen LogP contribution is 2.17. The van der Waals surface area contributed by atoms with E-state index in [0.29, 0.717) is 5.56 Å². The van der Waals surface area contributed by atoms with Crippen molar-refractivity contribution in [2.75, 3.05) is 6.61 Å². The molecule has 7 nitrogen and oxygen atoms in total. The summed E-state index contributed by atoms with van der Waals surface area (Å²) in [5.41, 5.74) is 2.41. The summed E-state index contributed by atoms with van der Waals surface area (Å²) in [6.07, 6.45) is 5.01. The lowest BCUT2D eigenvalue weighted by Crippen LogP contribution is -2.46. The Balaban J connectivity index is 1.67. The average Bonchev–Trinajstić information content (AvgIpc) is 2.67. The van der Waals surface area contributed by atoms with E-state index in [1.165, 1.54) is 6.42 Å². The number of ether oxygens (including phenoxy) is 1. The lowest BCUT2D eigenvalue weighted by molar-refractivity contribution is -0.148. The van der Waals surface area contributed by atoms with Crippen molar-refractivity contribution in [2.24, 2.45) is 0 Å². The van der Waals surface area contributed by atoms with E-state index in [1.807, 2.05) is 26.0 Å². The van der Waals surface area contributed by atoms with Gasteiger partial charge in [0.25, 0.3) is 5.91 Å². The molecule has 1 aliphatic rings. The molecule has 1 aromatic carbocycles. The quantitative estimate of drug-likeness (QED) is 0.552. The fraction of sp³-hybridized carbons (Fsp3) is 0.524. The third-order valence-corrected chi connectivity index (χ3v) is 4.81. The van der Waals surface area contributed by atoms with Gasteiger partial charge in [-0.2, -0.15) is 0 Å². The van der Waals surface area contributed by atoms with Crippen molar-refractivity contribution in [1.82, 2.24) is 10.6 Å². The Hall–Kier alpha value is -2.70. The molecule has 0 aliphatic heterocycles. The second-order valence-corrected chi connectivity index (χ2v) is 7.26. The first-order valence-corrected chi connectivity index (χ1v) is 9.71. The molecular weight excluding hydrogens is 360 g/mol. The molecule has 1 aliphatic carbocycles. The monoisotopic (exact) mass is 388 g/mol. The van der Waals surface area contributed by atoms with Gasteiger partial charge < -0.3 is 10.1 Å². The summed E-state index contributed by atoms with van der Waals surface area (Å²) in [6.45, 7) is 3.19. The van der Waals surface area contributed by atoms with Gasteiger partial charge in [-0.05, 0) is 38.3 Å². The molecule has 1 aromatic rings. The average molecular weight is 388 g/mol. The summed E-state index contributed by atoms with van der Waals surface area (Å²) in [6, 6.07) is 5.09. The van der Waals surface area contributed by atoms with Crippen molar-refractivity contribution >= 4 is 23.7 Å². The van der Waals surface area contributed by atoms with Crippen LogP contribution in [0.1, 0.15) is 66.4 Å². The number of carbonyl (C=O) groups excluding carboxylic acids is 4. The number of imide groups is 1. The van der Waals surface area contributed by atoms with Crippen LogP contribution < -0.4 is 10.6 Å². The standard InChI is InChI=1S/C21H28N2O5/c1-14-8-9-15(2)17(12-14)18(24)10-11-20(26)28-13-19(25)23-21(27)22-16-6-4-3-5-7-16/h8-9,12,16H,3-7,10-11,13H2,1-2H3,(H2,22,23,25,27). The number of ketones is 1. The largest absolute Gasteiger partial charge is 0.456 e. The number of urea groups is 1. The lowest BCUT2D eigenvalue weighted by Gasteiger charge is -2.22. The molecule has 1 fully saturated rings. The number of aryl methyl sites for hydroxylation is 2. The van der Waals surface area contributed by atoms with E-state index in [4.69, 9.17) is 4.74 Å². The number of hydrogen-bond donors (Lipinski definition) is 2. The Labute approximate surface area is 165 Å². The van der Waals surface area contributed by atoms with Crippen molar-refractivity contribution < 1.29 is 23.9 Å². The van der Waals surface area contributed by atoms with Gasteiger partial charge in [0.1, 0.15) is 0 Å². The van der Waals surface area contributed by atoms with Crippen molar-refractivity contribution in [3.8, 4) is 0 Å². The van der Waals surface area contributed by atoms with Gasteiger partial charge >= 0.3 is 12.0 Å². The first-order valence-electron chi connectivity index (χ1n) is 9.71. The number of Topliss-reactive ketones (excluding diaryl/α,β-unsaturated/α-hetero) is 1. The van der Waals surface area contributed by atoms with Crippen LogP contribution in [0.3, 0.4) is 0 Å². The van der Waals surface area contributed by atoms with E-state index in [2.05, 4.69) is 10.6 Å². The van der Waals surface area contributed by atoms with Gasteiger partial charge in [0.05, 0.1) is 6.42 Å². The van der Waals surface area contributed by atoms with Crippen LogP contribution >= 0.6 is 0 Å².